The molecule has 0 saturated heterocycles. The van der Waals surface area contributed by atoms with Crippen molar-refractivity contribution in [3.63, 3.8) is 0 Å². The quantitative estimate of drug-likeness (QED) is 0.408. The highest BCUT2D eigenvalue weighted by molar-refractivity contribution is 6.13. The number of ketones is 1. The normalized spacial score (nSPS) is 15.7. The van der Waals surface area contributed by atoms with Crippen molar-refractivity contribution in [2.45, 2.75) is 19.4 Å². The van der Waals surface area contributed by atoms with Crippen LogP contribution < -0.4 is 18.9 Å². The minimum Gasteiger partial charge on any atom is -0.496 e. The van der Waals surface area contributed by atoms with Crippen LogP contribution in [0.15, 0.2) is 41.6 Å². The van der Waals surface area contributed by atoms with Gasteiger partial charge in [-0.15, -0.1) is 4.91 Å². The molecule has 0 N–H and O–H groups in total. The third-order valence-corrected chi connectivity index (χ3v) is 4.67. The van der Waals surface area contributed by atoms with Gasteiger partial charge in [-0.05, 0) is 54.9 Å². The minimum atomic E-state index is -0.539. The third-order valence-electron chi connectivity index (χ3n) is 4.67. The molecule has 0 saturated carbocycles. The predicted octanol–water partition coefficient (Wildman–Crippen LogP) is 4.90. The van der Waals surface area contributed by atoms with Gasteiger partial charge in [0.05, 0.1) is 12.7 Å². The minimum absolute atomic E-state index is 0.00793. The predicted molar refractivity (Wildman–Crippen MR) is 108 cm³/mol. The maximum absolute atomic E-state index is 12.9. The van der Waals surface area contributed by atoms with Gasteiger partial charge in [0.2, 0.25) is 6.79 Å². The van der Waals surface area contributed by atoms with Crippen LogP contribution >= 0.6 is 0 Å². The third kappa shape index (κ3) is 3.47. The van der Waals surface area contributed by atoms with Crippen LogP contribution in [0.3, 0.4) is 0 Å². The van der Waals surface area contributed by atoms with Crippen LogP contribution in [0.25, 0.3) is 12.2 Å². The van der Waals surface area contributed by atoms with E-state index >= 15 is 0 Å². The van der Waals surface area contributed by atoms with E-state index in [1.807, 2.05) is 19.9 Å². The average molecular weight is 393 g/mol. The molecule has 148 valence electrons. The average Bonchev–Trinajstić information content (AvgIpc) is 3.17. The highest BCUT2D eigenvalue weighted by atomic mass is 16.7. The Hall–Kier alpha value is -3.61. The van der Waals surface area contributed by atoms with Crippen molar-refractivity contribution in [3.8, 4) is 23.0 Å². The molecule has 7 heteroatoms. The standard InChI is InChI=1S/C22H19NO6/c1-22(2)9-8-14-17(29-22)11-19(26-3)20(21(14)23-25)15(24)6-4-13-5-7-16-18(10-13)28-12-27-16/h4-11H,12H2,1-3H3/b6-4+. The molecule has 0 spiro atoms. The zero-order valence-electron chi connectivity index (χ0n) is 16.2. The maximum atomic E-state index is 12.9. The monoisotopic (exact) mass is 393 g/mol. The Bertz CT molecular complexity index is 1070. The van der Waals surface area contributed by atoms with Crippen molar-refractivity contribution in [2.24, 2.45) is 5.18 Å². The van der Waals surface area contributed by atoms with E-state index < -0.39 is 11.4 Å². The largest absolute Gasteiger partial charge is 0.496 e. The number of allylic oxidation sites excluding steroid dienone is 1. The van der Waals surface area contributed by atoms with E-state index in [-0.39, 0.29) is 23.8 Å². The molecule has 2 aromatic carbocycles. The zero-order valence-corrected chi connectivity index (χ0v) is 16.2. The molecule has 0 bridgehead atoms. The van der Waals surface area contributed by atoms with Crippen molar-refractivity contribution in [3.05, 3.63) is 58.0 Å². The van der Waals surface area contributed by atoms with Gasteiger partial charge < -0.3 is 18.9 Å². The first kappa shape index (κ1) is 18.7. The van der Waals surface area contributed by atoms with Crippen LogP contribution in [-0.4, -0.2) is 25.3 Å². The van der Waals surface area contributed by atoms with Crippen molar-refractivity contribution < 1.29 is 23.7 Å². The van der Waals surface area contributed by atoms with E-state index in [0.29, 0.717) is 22.8 Å². The van der Waals surface area contributed by atoms with Gasteiger partial charge in [-0.25, -0.2) is 0 Å². The summed E-state index contributed by atoms with van der Waals surface area (Å²) in [6, 6.07) is 6.96. The summed E-state index contributed by atoms with van der Waals surface area (Å²) in [5.41, 5.74) is 0.755. The van der Waals surface area contributed by atoms with E-state index in [0.717, 1.165) is 5.56 Å². The first-order valence-corrected chi connectivity index (χ1v) is 9.00. The second-order valence-electron chi connectivity index (χ2n) is 7.15. The first-order chi connectivity index (χ1) is 13.9. The van der Waals surface area contributed by atoms with Crippen LogP contribution in [0, 0.1) is 4.91 Å². The molecule has 2 aliphatic heterocycles. The topological polar surface area (TPSA) is 83.4 Å². The number of nitroso groups, excluding NO2 is 1. The van der Waals surface area contributed by atoms with Gasteiger partial charge in [0.1, 0.15) is 22.8 Å². The Morgan fingerprint density at radius 1 is 1.17 bits per heavy atom. The maximum Gasteiger partial charge on any atom is 0.231 e. The van der Waals surface area contributed by atoms with Crippen LogP contribution in [0.1, 0.15) is 35.3 Å². The number of rotatable bonds is 5. The summed E-state index contributed by atoms with van der Waals surface area (Å²) in [4.78, 5) is 24.6. The fourth-order valence-electron chi connectivity index (χ4n) is 3.25. The second-order valence-corrected chi connectivity index (χ2v) is 7.15. The summed E-state index contributed by atoms with van der Waals surface area (Å²) in [6.45, 7) is 3.95. The Labute approximate surface area is 167 Å². The molecular formula is C22H19NO6. The Morgan fingerprint density at radius 3 is 2.72 bits per heavy atom. The number of hydrogen-bond donors (Lipinski definition) is 0. The Morgan fingerprint density at radius 2 is 1.97 bits per heavy atom. The smallest absolute Gasteiger partial charge is 0.231 e. The highest BCUT2D eigenvalue weighted by Crippen LogP contribution is 2.44. The number of carbonyl (C=O) groups is 1. The molecule has 0 atom stereocenters. The van der Waals surface area contributed by atoms with Crippen LogP contribution in [0.2, 0.25) is 0 Å². The van der Waals surface area contributed by atoms with Gasteiger partial charge in [-0.1, -0.05) is 12.1 Å². The fraction of sp³-hybridized carbons (Fsp3) is 0.227. The van der Waals surface area contributed by atoms with E-state index in [1.165, 1.54) is 13.2 Å². The summed E-state index contributed by atoms with van der Waals surface area (Å²) >= 11 is 0. The van der Waals surface area contributed by atoms with E-state index in [2.05, 4.69) is 5.18 Å². The number of benzene rings is 2. The van der Waals surface area contributed by atoms with Crippen molar-refractivity contribution in [1.82, 2.24) is 0 Å². The van der Waals surface area contributed by atoms with Crippen molar-refractivity contribution >= 4 is 23.6 Å². The van der Waals surface area contributed by atoms with Gasteiger partial charge in [0.15, 0.2) is 17.3 Å². The molecule has 0 radical (unpaired) electrons. The lowest BCUT2D eigenvalue weighted by molar-refractivity contribution is 0.104. The lowest BCUT2D eigenvalue weighted by Crippen LogP contribution is -2.27. The highest BCUT2D eigenvalue weighted by Gasteiger charge is 2.29. The van der Waals surface area contributed by atoms with Gasteiger partial charge in [0.25, 0.3) is 0 Å². The second kappa shape index (κ2) is 7.09. The fourth-order valence-corrected chi connectivity index (χ4v) is 3.25. The molecule has 0 fully saturated rings. The zero-order chi connectivity index (χ0) is 20.6. The summed E-state index contributed by atoms with van der Waals surface area (Å²) in [5.74, 6) is 1.54. The molecule has 2 heterocycles. The van der Waals surface area contributed by atoms with Crippen molar-refractivity contribution in [2.75, 3.05) is 13.9 Å². The lowest BCUT2D eigenvalue weighted by atomic mass is 9.96. The number of carbonyl (C=O) groups excluding carboxylic acids is 1. The summed E-state index contributed by atoms with van der Waals surface area (Å²) in [5, 5.41) is 3.11. The summed E-state index contributed by atoms with van der Waals surface area (Å²) < 4.78 is 21.9. The van der Waals surface area contributed by atoms with E-state index in [1.54, 1.807) is 36.4 Å². The van der Waals surface area contributed by atoms with Crippen LogP contribution in [-0.2, 0) is 0 Å². The van der Waals surface area contributed by atoms with Gasteiger partial charge in [0, 0.05) is 11.6 Å². The van der Waals surface area contributed by atoms with Crippen LogP contribution in [0.5, 0.6) is 23.0 Å². The molecule has 0 unspecified atom stereocenters. The number of hydrogen-bond acceptors (Lipinski definition) is 7. The SMILES string of the molecule is COc1cc2c(c(N=O)c1C(=O)/C=C/c1ccc3c(c1)OCO3)C=CC(C)(C)O2. The molecule has 4 rings (SSSR count). The molecule has 29 heavy (non-hydrogen) atoms. The summed E-state index contributed by atoms with van der Waals surface area (Å²) in [7, 11) is 1.43. The van der Waals surface area contributed by atoms with Gasteiger partial charge in [-0.3, -0.25) is 4.79 Å². The lowest BCUT2D eigenvalue weighted by Gasteiger charge is -2.29. The molecule has 2 aromatic rings. The molecule has 7 nitrogen and oxygen atoms in total. The van der Waals surface area contributed by atoms with E-state index in [9.17, 15) is 9.70 Å². The molecule has 2 aliphatic rings. The molecule has 0 amide bonds. The molecule has 0 aromatic heterocycles. The molecule has 0 aliphatic carbocycles. The van der Waals surface area contributed by atoms with Gasteiger partial charge >= 0.3 is 0 Å². The van der Waals surface area contributed by atoms with Crippen LogP contribution in [0.4, 0.5) is 5.69 Å². The number of methoxy groups -OCH3 is 1. The number of fused-ring (bicyclic) bond motifs is 2. The number of nitrogens with zero attached hydrogens (tertiary/aromatic N) is 1. The van der Waals surface area contributed by atoms with Crippen molar-refractivity contribution in [1.29, 1.82) is 0 Å². The van der Waals surface area contributed by atoms with Gasteiger partial charge in [-0.2, -0.15) is 0 Å². The molecular weight excluding hydrogens is 374 g/mol. The Kier molecular flexibility index (Phi) is 4.58. The Balaban J connectivity index is 1.72. The summed E-state index contributed by atoms with van der Waals surface area (Å²) in [6.07, 6.45) is 6.56. The first-order valence-electron chi connectivity index (χ1n) is 9.00. The number of ether oxygens (including phenoxy) is 4. The van der Waals surface area contributed by atoms with E-state index in [4.69, 9.17) is 18.9 Å².